The maximum Gasteiger partial charge on any atom is 0.344 e. The van der Waals surface area contributed by atoms with Gasteiger partial charge in [0.05, 0.1) is 12.0 Å². The summed E-state index contributed by atoms with van der Waals surface area (Å²) >= 11 is 0. The monoisotopic (exact) mass is 280 g/mol. The summed E-state index contributed by atoms with van der Waals surface area (Å²) in [6, 6.07) is 0. The summed E-state index contributed by atoms with van der Waals surface area (Å²) in [6.07, 6.45) is -0.972. The Hall–Kier alpha value is -1.82. The first-order valence-electron chi connectivity index (χ1n) is 6.50. The Labute approximate surface area is 116 Å². The number of allylic oxidation sites excluding steroid dienone is 1. The normalized spacial score (nSPS) is 36.6. The molecule has 5 atom stereocenters. The van der Waals surface area contributed by atoms with Gasteiger partial charge in [0.15, 0.2) is 18.8 Å². The second-order valence-corrected chi connectivity index (χ2v) is 5.33. The van der Waals surface area contributed by atoms with E-state index in [0.717, 1.165) is 0 Å². The Bertz CT molecular complexity index is 496. The van der Waals surface area contributed by atoms with Gasteiger partial charge in [-0.3, -0.25) is 4.79 Å². The highest BCUT2D eigenvalue weighted by molar-refractivity contribution is 5.77. The third kappa shape index (κ3) is 2.00. The second kappa shape index (κ2) is 4.63. The van der Waals surface area contributed by atoms with Crippen LogP contribution in [0.1, 0.15) is 13.3 Å². The molecule has 0 aromatic carbocycles. The third-order valence-electron chi connectivity index (χ3n) is 3.89. The van der Waals surface area contributed by atoms with E-state index in [1.54, 1.807) is 6.92 Å². The largest absolute Gasteiger partial charge is 0.482 e. The average Bonchev–Trinajstić information content (AvgIpc) is 3.00. The highest BCUT2D eigenvalue weighted by atomic mass is 16.7. The van der Waals surface area contributed by atoms with Crippen LogP contribution in [0.25, 0.3) is 0 Å². The zero-order valence-corrected chi connectivity index (χ0v) is 11.2. The quantitative estimate of drug-likeness (QED) is 0.420. The minimum absolute atomic E-state index is 0.195. The van der Waals surface area contributed by atoms with Gasteiger partial charge >= 0.3 is 11.9 Å². The van der Waals surface area contributed by atoms with Crippen molar-refractivity contribution < 1.29 is 28.5 Å². The van der Waals surface area contributed by atoms with Crippen LogP contribution in [0.5, 0.6) is 0 Å². The topological polar surface area (TPSA) is 71.1 Å². The first kappa shape index (κ1) is 13.2. The molecule has 0 spiro atoms. The maximum absolute atomic E-state index is 11.7. The summed E-state index contributed by atoms with van der Waals surface area (Å²) in [7, 11) is 0. The van der Waals surface area contributed by atoms with Crippen molar-refractivity contribution in [3.05, 3.63) is 24.5 Å². The van der Waals surface area contributed by atoms with Crippen LogP contribution in [-0.4, -0.2) is 43.0 Å². The molecule has 0 N–H and O–H groups in total. The standard InChI is InChI=1S/C14H16O6/c1-6(2)7(3)17-5-10(15)19-12-9-4-8-11(18-9)13(12)20-14(8)16/h8-9,11-13H,1,3-5H2,2H3. The second-order valence-electron chi connectivity index (χ2n) is 5.33. The predicted octanol–water partition coefficient (Wildman–Crippen LogP) is 0.717. The van der Waals surface area contributed by atoms with Gasteiger partial charge < -0.3 is 18.9 Å². The smallest absolute Gasteiger partial charge is 0.344 e. The number of fused-ring (bicyclic) bond motifs is 1. The van der Waals surface area contributed by atoms with Crippen LogP contribution in [0.2, 0.25) is 0 Å². The number of hydrogen-bond acceptors (Lipinski definition) is 6. The number of carbonyl (C=O) groups is 2. The summed E-state index contributed by atoms with van der Waals surface area (Å²) in [5, 5.41) is 0. The van der Waals surface area contributed by atoms with Crippen molar-refractivity contribution in [2.75, 3.05) is 6.61 Å². The van der Waals surface area contributed by atoms with Gasteiger partial charge in [-0.05, 0) is 18.9 Å². The number of ether oxygens (including phenoxy) is 4. The first-order chi connectivity index (χ1) is 9.47. The Balaban J connectivity index is 1.54. The lowest BCUT2D eigenvalue weighted by molar-refractivity contribution is -0.163. The van der Waals surface area contributed by atoms with Crippen LogP contribution in [0.4, 0.5) is 0 Å². The molecule has 108 valence electrons. The van der Waals surface area contributed by atoms with E-state index in [2.05, 4.69) is 13.2 Å². The van der Waals surface area contributed by atoms with Crippen LogP contribution in [0.3, 0.4) is 0 Å². The number of rotatable bonds is 5. The lowest BCUT2D eigenvalue weighted by atomic mass is 9.88. The van der Waals surface area contributed by atoms with Crippen molar-refractivity contribution in [1.29, 1.82) is 0 Å². The van der Waals surface area contributed by atoms with Crippen LogP contribution in [0, 0.1) is 5.92 Å². The summed E-state index contributed by atoms with van der Waals surface area (Å²) in [4.78, 5) is 23.3. The van der Waals surface area contributed by atoms with Crippen molar-refractivity contribution in [1.82, 2.24) is 0 Å². The van der Waals surface area contributed by atoms with Gasteiger partial charge in [-0.15, -0.1) is 0 Å². The molecule has 3 rings (SSSR count). The Morgan fingerprint density at radius 2 is 2.15 bits per heavy atom. The van der Waals surface area contributed by atoms with E-state index in [1.165, 1.54) is 0 Å². The van der Waals surface area contributed by atoms with Crippen LogP contribution in [-0.2, 0) is 28.5 Å². The molecule has 0 aromatic rings. The van der Waals surface area contributed by atoms with Crippen molar-refractivity contribution in [3.8, 4) is 0 Å². The van der Waals surface area contributed by atoms with Gasteiger partial charge in [-0.1, -0.05) is 13.2 Å². The summed E-state index contributed by atoms with van der Waals surface area (Å²) in [6.45, 7) is 8.76. The van der Waals surface area contributed by atoms with Crippen LogP contribution >= 0.6 is 0 Å². The summed E-state index contributed by atoms with van der Waals surface area (Å²) < 4.78 is 21.3. The molecule has 6 heteroatoms. The molecule has 5 unspecified atom stereocenters. The lowest BCUT2D eigenvalue weighted by Crippen LogP contribution is -2.40. The van der Waals surface area contributed by atoms with E-state index in [-0.39, 0.29) is 30.7 Å². The summed E-state index contributed by atoms with van der Waals surface area (Å²) in [5.41, 5.74) is 0.647. The van der Waals surface area contributed by atoms with E-state index >= 15 is 0 Å². The fraction of sp³-hybridized carbons (Fsp3) is 0.571. The van der Waals surface area contributed by atoms with Crippen LogP contribution < -0.4 is 0 Å². The van der Waals surface area contributed by atoms with Gasteiger partial charge in [0, 0.05) is 0 Å². The minimum Gasteiger partial charge on any atom is -0.482 e. The molecular weight excluding hydrogens is 264 g/mol. The van der Waals surface area contributed by atoms with Gasteiger partial charge in [0.25, 0.3) is 0 Å². The average molecular weight is 280 g/mol. The highest BCUT2D eigenvalue weighted by Gasteiger charge is 2.65. The highest BCUT2D eigenvalue weighted by Crippen LogP contribution is 2.47. The fourth-order valence-corrected chi connectivity index (χ4v) is 2.84. The first-order valence-corrected chi connectivity index (χ1v) is 6.50. The van der Waals surface area contributed by atoms with E-state index in [1.807, 2.05) is 0 Å². The third-order valence-corrected chi connectivity index (χ3v) is 3.89. The molecule has 3 aliphatic rings. The Morgan fingerprint density at radius 1 is 1.40 bits per heavy atom. The minimum atomic E-state index is -0.534. The van der Waals surface area contributed by atoms with Gasteiger partial charge in [-0.25, -0.2) is 4.79 Å². The molecule has 3 aliphatic heterocycles. The molecule has 0 radical (unpaired) electrons. The van der Waals surface area contributed by atoms with Gasteiger partial charge in [-0.2, -0.15) is 0 Å². The summed E-state index contributed by atoms with van der Waals surface area (Å²) in [5.74, 6) is -0.640. The number of esters is 2. The lowest BCUT2D eigenvalue weighted by Gasteiger charge is -2.22. The van der Waals surface area contributed by atoms with Gasteiger partial charge in [0.2, 0.25) is 0 Å². The van der Waals surface area contributed by atoms with Crippen molar-refractivity contribution in [2.45, 2.75) is 37.8 Å². The molecule has 20 heavy (non-hydrogen) atoms. The van der Waals surface area contributed by atoms with E-state index in [4.69, 9.17) is 18.9 Å². The molecular formula is C14H16O6. The zero-order valence-electron chi connectivity index (χ0n) is 11.2. The van der Waals surface area contributed by atoms with Crippen LogP contribution in [0.15, 0.2) is 24.5 Å². The molecule has 3 heterocycles. The van der Waals surface area contributed by atoms with E-state index in [9.17, 15) is 9.59 Å². The predicted molar refractivity (Wildman–Crippen MR) is 66.4 cm³/mol. The van der Waals surface area contributed by atoms with Crippen molar-refractivity contribution in [2.24, 2.45) is 5.92 Å². The molecule has 0 amide bonds. The molecule has 3 saturated heterocycles. The van der Waals surface area contributed by atoms with Crippen molar-refractivity contribution >= 4 is 11.9 Å². The number of hydrogen-bond donors (Lipinski definition) is 0. The molecule has 0 aliphatic carbocycles. The van der Waals surface area contributed by atoms with E-state index < -0.39 is 18.2 Å². The molecule has 0 aromatic heterocycles. The van der Waals surface area contributed by atoms with Crippen molar-refractivity contribution in [3.63, 3.8) is 0 Å². The zero-order chi connectivity index (χ0) is 14.4. The van der Waals surface area contributed by atoms with E-state index in [0.29, 0.717) is 17.8 Å². The molecule has 6 nitrogen and oxygen atoms in total. The maximum atomic E-state index is 11.7. The number of carbonyl (C=O) groups excluding carboxylic acids is 2. The molecule has 3 fully saturated rings. The Morgan fingerprint density at radius 3 is 2.85 bits per heavy atom. The molecule has 2 bridgehead atoms. The Kier molecular flexibility index (Phi) is 3.05. The molecule has 0 saturated carbocycles. The van der Waals surface area contributed by atoms with Gasteiger partial charge in [0.1, 0.15) is 11.9 Å². The SMILES string of the molecule is C=C(C)C(=C)OCC(=O)OC1C2CC3C(=O)OC1C3O2. The fourth-order valence-electron chi connectivity index (χ4n) is 2.84.